The molecule has 1 aliphatic carbocycles. The van der Waals surface area contributed by atoms with Crippen molar-refractivity contribution in [2.75, 3.05) is 0 Å². The third-order valence-electron chi connectivity index (χ3n) is 2.49. The molecule has 1 heterocycles. The van der Waals surface area contributed by atoms with Gasteiger partial charge in [0.15, 0.2) is 0 Å². The van der Waals surface area contributed by atoms with Crippen LogP contribution in [0.15, 0.2) is 18.3 Å². The fourth-order valence-corrected chi connectivity index (χ4v) is 1.81. The van der Waals surface area contributed by atoms with E-state index in [4.69, 9.17) is 5.73 Å². The van der Waals surface area contributed by atoms with E-state index in [9.17, 15) is 0 Å². The van der Waals surface area contributed by atoms with Crippen LogP contribution in [0.5, 0.6) is 0 Å². The maximum atomic E-state index is 5.98. The zero-order valence-corrected chi connectivity index (χ0v) is 7.16. The number of aromatic nitrogens is 1. The number of fused-ring (bicyclic) bond motifs is 1. The summed E-state index contributed by atoms with van der Waals surface area (Å²) in [5.41, 5.74) is 8.45. The highest BCUT2D eigenvalue weighted by Crippen LogP contribution is 2.24. The van der Waals surface area contributed by atoms with Crippen LogP contribution in [0.4, 0.5) is 0 Å². The van der Waals surface area contributed by atoms with Gasteiger partial charge < -0.3 is 5.73 Å². The second-order valence-electron chi connectivity index (χ2n) is 3.40. The van der Waals surface area contributed by atoms with Crippen LogP contribution in [0.25, 0.3) is 0 Å². The zero-order valence-electron chi connectivity index (χ0n) is 7.16. The lowest BCUT2D eigenvalue weighted by Gasteiger charge is -2.09. The molecule has 2 N–H and O–H groups in total. The van der Waals surface area contributed by atoms with Crippen LogP contribution in [-0.4, -0.2) is 4.98 Å². The molecule has 0 aliphatic heterocycles. The molecule has 0 bridgehead atoms. The van der Waals surface area contributed by atoms with Crippen molar-refractivity contribution in [2.24, 2.45) is 5.73 Å². The minimum atomic E-state index is 0.170. The summed E-state index contributed by atoms with van der Waals surface area (Å²) in [5.74, 6) is 0. The maximum Gasteiger partial charge on any atom is 0.0602 e. The Morgan fingerprint density at radius 1 is 1.42 bits per heavy atom. The number of pyridine rings is 1. The van der Waals surface area contributed by atoms with Crippen molar-refractivity contribution < 1.29 is 0 Å². The average Bonchev–Trinajstić information content (AvgIpc) is 2.29. The van der Waals surface area contributed by atoms with Gasteiger partial charge in [-0.1, -0.05) is 12.5 Å². The molecule has 0 unspecified atom stereocenters. The van der Waals surface area contributed by atoms with Crippen molar-refractivity contribution in [1.82, 2.24) is 4.98 Å². The third kappa shape index (κ3) is 1.34. The molecule has 2 rings (SSSR count). The lowest BCUT2D eigenvalue weighted by molar-refractivity contribution is 0.605. The average molecular weight is 162 g/mol. The van der Waals surface area contributed by atoms with E-state index >= 15 is 0 Å². The van der Waals surface area contributed by atoms with Gasteiger partial charge in [-0.3, -0.25) is 4.98 Å². The molecule has 1 atom stereocenters. The molecule has 0 radical (unpaired) electrons. The number of hydrogen-bond acceptors (Lipinski definition) is 2. The minimum Gasteiger partial charge on any atom is -0.323 e. The van der Waals surface area contributed by atoms with E-state index in [0.717, 1.165) is 18.5 Å². The summed E-state index contributed by atoms with van der Waals surface area (Å²) >= 11 is 0. The highest BCUT2D eigenvalue weighted by Gasteiger charge is 2.14. The molecule has 0 spiro atoms. The van der Waals surface area contributed by atoms with E-state index in [1.54, 1.807) is 0 Å². The Kier molecular flexibility index (Phi) is 2.09. The molecule has 0 amide bonds. The Hall–Kier alpha value is -0.890. The standard InChI is InChI=1S/C10H14N2/c11-9-6-2-1-4-8-5-3-7-12-10(8)9/h3,5,7,9H,1-2,4,6,11H2/t9-/m1/s1. The van der Waals surface area contributed by atoms with Crippen LogP contribution < -0.4 is 5.73 Å². The fourth-order valence-electron chi connectivity index (χ4n) is 1.81. The van der Waals surface area contributed by atoms with E-state index in [0.29, 0.717) is 0 Å². The van der Waals surface area contributed by atoms with E-state index in [2.05, 4.69) is 11.1 Å². The summed E-state index contributed by atoms with van der Waals surface area (Å²) in [6.07, 6.45) is 6.56. The highest BCUT2D eigenvalue weighted by molar-refractivity contribution is 5.23. The van der Waals surface area contributed by atoms with Crippen LogP contribution in [0.2, 0.25) is 0 Å². The highest BCUT2D eigenvalue weighted by atomic mass is 14.8. The van der Waals surface area contributed by atoms with E-state index < -0.39 is 0 Å². The van der Waals surface area contributed by atoms with Crippen molar-refractivity contribution in [2.45, 2.75) is 31.7 Å². The molecule has 1 aliphatic rings. The van der Waals surface area contributed by atoms with E-state index in [1.165, 1.54) is 18.4 Å². The Morgan fingerprint density at radius 3 is 3.25 bits per heavy atom. The Morgan fingerprint density at radius 2 is 2.33 bits per heavy atom. The smallest absolute Gasteiger partial charge is 0.0602 e. The zero-order chi connectivity index (χ0) is 8.39. The van der Waals surface area contributed by atoms with Gasteiger partial charge in [0.1, 0.15) is 0 Å². The molecule has 2 heteroatoms. The molecule has 2 nitrogen and oxygen atoms in total. The summed E-state index contributed by atoms with van der Waals surface area (Å²) in [5, 5.41) is 0. The van der Waals surface area contributed by atoms with Gasteiger partial charge in [-0.15, -0.1) is 0 Å². The molecule has 1 aromatic heterocycles. The lowest BCUT2D eigenvalue weighted by Crippen LogP contribution is -2.12. The topological polar surface area (TPSA) is 38.9 Å². The lowest BCUT2D eigenvalue weighted by atomic mass is 10.1. The van der Waals surface area contributed by atoms with Crippen LogP contribution in [0.1, 0.15) is 36.6 Å². The normalized spacial score (nSPS) is 22.9. The van der Waals surface area contributed by atoms with Gasteiger partial charge in [0.2, 0.25) is 0 Å². The minimum absolute atomic E-state index is 0.170. The number of rotatable bonds is 0. The van der Waals surface area contributed by atoms with Crippen molar-refractivity contribution >= 4 is 0 Å². The second-order valence-corrected chi connectivity index (χ2v) is 3.40. The van der Waals surface area contributed by atoms with Crippen LogP contribution in [0, 0.1) is 0 Å². The summed E-state index contributed by atoms with van der Waals surface area (Å²) < 4.78 is 0. The van der Waals surface area contributed by atoms with E-state index in [1.807, 2.05) is 12.3 Å². The first-order valence-corrected chi connectivity index (χ1v) is 4.57. The Bertz CT molecular complexity index is 270. The van der Waals surface area contributed by atoms with Crippen molar-refractivity contribution in [1.29, 1.82) is 0 Å². The van der Waals surface area contributed by atoms with Gasteiger partial charge in [-0.05, 0) is 30.9 Å². The monoisotopic (exact) mass is 162 g/mol. The maximum absolute atomic E-state index is 5.98. The van der Waals surface area contributed by atoms with Gasteiger partial charge in [-0.2, -0.15) is 0 Å². The van der Waals surface area contributed by atoms with Crippen LogP contribution in [0.3, 0.4) is 0 Å². The van der Waals surface area contributed by atoms with Crippen LogP contribution in [-0.2, 0) is 6.42 Å². The van der Waals surface area contributed by atoms with Gasteiger partial charge in [0, 0.05) is 12.2 Å². The van der Waals surface area contributed by atoms with Crippen LogP contribution >= 0.6 is 0 Å². The fraction of sp³-hybridized carbons (Fsp3) is 0.500. The first-order chi connectivity index (χ1) is 5.88. The largest absolute Gasteiger partial charge is 0.323 e. The SMILES string of the molecule is N[C@@H]1CCCCc2cccnc21. The predicted octanol–water partition coefficient (Wildman–Crippen LogP) is 1.81. The van der Waals surface area contributed by atoms with Gasteiger partial charge in [0.05, 0.1) is 5.69 Å². The number of nitrogens with zero attached hydrogens (tertiary/aromatic N) is 1. The summed E-state index contributed by atoms with van der Waals surface area (Å²) in [7, 11) is 0. The second kappa shape index (κ2) is 3.23. The molecular formula is C10H14N2. The van der Waals surface area contributed by atoms with Crippen molar-refractivity contribution in [3.63, 3.8) is 0 Å². The van der Waals surface area contributed by atoms with Gasteiger partial charge in [-0.25, -0.2) is 0 Å². The Balaban J connectivity index is 2.39. The quantitative estimate of drug-likeness (QED) is 0.591. The molecule has 1 aromatic rings. The van der Waals surface area contributed by atoms with Gasteiger partial charge in [0.25, 0.3) is 0 Å². The number of hydrogen-bond donors (Lipinski definition) is 1. The van der Waals surface area contributed by atoms with Crippen molar-refractivity contribution in [3.8, 4) is 0 Å². The molecule has 12 heavy (non-hydrogen) atoms. The first kappa shape index (κ1) is 7.74. The number of aryl methyl sites for hydroxylation is 1. The summed E-state index contributed by atoms with van der Waals surface area (Å²) in [6.45, 7) is 0. The Labute approximate surface area is 72.8 Å². The predicted molar refractivity (Wildman–Crippen MR) is 48.7 cm³/mol. The van der Waals surface area contributed by atoms with Gasteiger partial charge >= 0.3 is 0 Å². The summed E-state index contributed by atoms with van der Waals surface area (Å²) in [4.78, 5) is 4.34. The third-order valence-corrected chi connectivity index (χ3v) is 2.49. The number of nitrogens with two attached hydrogens (primary N) is 1. The first-order valence-electron chi connectivity index (χ1n) is 4.57. The molecule has 0 aromatic carbocycles. The molecule has 0 saturated carbocycles. The summed E-state index contributed by atoms with van der Waals surface area (Å²) in [6, 6.07) is 4.31. The molecule has 64 valence electrons. The molecular weight excluding hydrogens is 148 g/mol. The van der Waals surface area contributed by atoms with Crippen molar-refractivity contribution in [3.05, 3.63) is 29.6 Å². The molecule has 0 fully saturated rings. The van der Waals surface area contributed by atoms with E-state index in [-0.39, 0.29) is 6.04 Å². The molecule has 0 saturated heterocycles.